The number of hydrogen-bond acceptors (Lipinski definition) is 0. The first-order valence-electron chi connectivity index (χ1n) is 11.6. The van der Waals surface area contributed by atoms with Crippen molar-refractivity contribution in [2.45, 2.75) is 6.32 Å². The van der Waals surface area contributed by atoms with Crippen molar-refractivity contribution in [3.63, 3.8) is 0 Å². The summed E-state index contributed by atoms with van der Waals surface area (Å²) >= 11 is 0. The maximum atomic E-state index is 5.28. The van der Waals surface area contributed by atoms with Crippen molar-refractivity contribution >= 4 is 67.4 Å². The molecule has 0 aliphatic rings. The number of allylic oxidation sites excluding steroid dienone is 4. The summed E-state index contributed by atoms with van der Waals surface area (Å²) in [5, 5.41) is 0. The molecule has 0 nitrogen and oxygen atoms in total. The molecule has 4 rings (SSSR count). The fourth-order valence-electron chi connectivity index (χ4n) is 3.76. The number of terminal acetylenes is 1. The summed E-state index contributed by atoms with van der Waals surface area (Å²) in [6.07, 6.45) is 13.7. The van der Waals surface area contributed by atoms with E-state index in [2.05, 4.69) is 120 Å². The van der Waals surface area contributed by atoms with Gasteiger partial charge in [-0.05, 0) is 17.6 Å². The lowest BCUT2D eigenvalue weighted by Crippen LogP contribution is -2.52. The van der Waals surface area contributed by atoms with Crippen LogP contribution in [0, 0.1) is 24.5 Å². The molecule has 0 aliphatic heterocycles. The molecule has 0 saturated heterocycles. The molecular formula is C31H22B4. The van der Waals surface area contributed by atoms with Crippen LogP contribution in [-0.2, 0) is 0 Å². The van der Waals surface area contributed by atoms with E-state index < -0.39 is 0 Å². The van der Waals surface area contributed by atoms with E-state index in [1.165, 1.54) is 21.9 Å². The first-order chi connectivity index (χ1) is 17.3. The molecule has 0 bridgehead atoms. The van der Waals surface area contributed by atoms with Gasteiger partial charge in [-0.25, -0.2) is 0 Å². The van der Waals surface area contributed by atoms with Gasteiger partial charge >= 0.3 is 0 Å². The maximum Gasteiger partial charge on any atom is 0.202 e. The molecule has 4 radical (unpaired) electrons. The van der Waals surface area contributed by atoms with E-state index in [1.807, 2.05) is 36.4 Å². The minimum atomic E-state index is 0.799. The molecule has 0 amide bonds. The minimum absolute atomic E-state index is 0.799. The van der Waals surface area contributed by atoms with E-state index >= 15 is 0 Å². The van der Waals surface area contributed by atoms with Gasteiger partial charge in [0, 0.05) is 0 Å². The SMILES string of the molecule is C#C/C=C\C=C/C[B]c1cc([B]c2ccccc2)c([B]c2ccccc2)cc1[B]c1c#cccc1. The molecular weight excluding hydrogens is 416 g/mol. The van der Waals surface area contributed by atoms with Crippen LogP contribution in [0.4, 0.5) is 0 Å². The Morgan fingerprint density at radius 2 is 1.34 bits per heavy atom. The van der Waals surface area contributed by atoms with Crippen molar-refractivity contribution < 1.29 is 0 Å². The lowest BCUT2D eigenvalue weighted by Gasteiger charge is -2.16. The highest BCUT2D eigenvalue weighted by Crippen LogP contribution is 1.89. The molecule has 0 fully saturated rings. The lowest BCUT2D eigenvalue weighted by molar-refractivity contribution is 1.68. The lowest BCUT2D eigenvalue weighted by atomic mass is 9.47. The molecule has 0 spiro atoms. The van der Waals surface area contributed by atoms with Gasteiger partial charge < -0.3 is 0 Å². The Hall–Kier alpha value is -4.00. The number of rotatable bonds is 10. The van der Waals surface area contributed by atoms with Crippen molar-refractivity contribution in [3.05, 3.63) is 127 Å². The smallest absolute Gasteiger partial charge is 0.115 e. The Morgan fingerprint density at radius 1 is 0.714 bits per heavy atom. The Kier molecular flexibility index (Phi) is 8.99. The van der Waals surface area contributed by atoms with Gasteiger partial charge in [0.15, 0.2) is 21.8 Å². The fraction of sp³-hybridized carbons (Fsp3) is 0.0323. The summed E-state index contributed by atoms with van der Waals surface area (Å²) in [5.41, 5.74) is 7.98. The van der Waals surface area contributed by atoms with Crippen LogP contribution in [0.1, 0.15) is 0 Å². The second kappa shape index (κ2) is 13.0. The molecule has 0 heterocycles. The highest BCUT2D eigenvalue weighted by Gasteiger charge is 2.14. The fourth-order valence-corrected chi connectivity index (χ4v) is 3.76. The molecule has 4 aromatic carbocycles. The van der Waals surface area contributed by atoms with Crippen molar-refractivity contribution in [3.8, 4) is 12.3 Å². The molecule has 158 valence electrons. The normalized spacial score (nSPS) is 10.5. The molecule has 0 atom stereocenters. The minimum Gasteiger partial charge on any atom is -0.115 e. The first kappa shape index (κ1) is 24.1. The Labute approximate surface area is 213 Å². The molecule has 35 heavy (non-hydrogen) atoms. The first-order valence-corrected chi connectivity index (χ1v) is 11.6. The largest absolute Gasteiger partial charge is 0.202 e. The molecule has 0 unspecified atom stereocenters. The van der Waals surface area contributed by atoms with Crippen molar-refractivity contribution in [1.82, 2.24) is 0 Å². The van der Waals surface area contributed by atoms with Gasteiger partial charge in [-0.2, -0.15) is 0 Å². The summed E-state index contributed by atoms with van der Waals surface area (Å²) in [7, 11) is 8.89. The highest BCUT2D eigenvalue weighted by molar-refractivity contribution is 6.81. The van der Waals surface area contributed by atoms with Crippen LogP contribution in [0.15, 0.2) is 115 Å². The zero-order valence-corrected chi connectivity index (χ0v) is 19.6. The van der Waals surface area contributed by atoms with Crippen LogP contribution >= 0.6 is 0 Å². The molecule has 4 aromatic rings. The summed E-state index contributed by atoms with van der Waals surface area (Å²) in [6.45, 7) is 0. The van der Waals surface area contributed by atoms with Gasteiger partial charge in [-0.15, -0.1) is 6.42 Å². The third-order valence-corrected chi connectivity index (χ3v) is 5.43. The molecule has 0 saturated carbocycles. The highest BCUT2D eigenvalue weighted by atomic mass is 14.0. The van der Waals surface area contributed by atoms with E-state index in [1.54, 1.807) is 6.08 Å². The Balaban J connectivity index is 1.71. The predicted octanol–water partition coefficient (Wildman–Crippen LogP) is 0.745. The average molecular weight is 438 g/mol. The van der Waals surface area contributed by atoms with Crippen molar-refractivity contribution in [2.75, 3.05) is 0 Å². The van der Waals surface area contributed by atoms with E-state index in [4.69, 9.17) is 6.42 Å². The van der Waals surface area contributed by atoms with Crippen LogP contribution in [0.3, 0.4) is 0 Å². The monoisotopic (exact) mass is 438 g/mol. The second-order valence-electron chi connectivity index (χ2n) is 8.01. The third-order valence-electron chi connectivity index (χ3n) is 5.43. The molecule has 4 heteroatoms. The molecule has 0 aliphatic carbocycles. The predicted molar refractivity (Wildman–Crippen MR) is 156 cm³/mol. The maximum absolute atomic E-state index is 5.28. The number of benzene rings is 3. The standard InChI is InChI=1S/C31H22B4/c1-2-3-4-5-15-22-32-28-23-30(34-26-18-11-7-12-19-26)31(35-27-20-13-8-14-21-27)24-29(28)33-25-16-9-6-10-17-25/h1,3-9,11-16,18-21,23-24H,22H2/b4-3-,15-5-. The van der Waals surface area contributed by atoms with Crippen LogP contribution in [-0.4, -0.2) is 29.1 Å². The topological polar surface area (TPSA) is 0 Å². The van der Waals surface area contributed by atoms with Gasteiger partial charge in [0.05, 0.1) is 0 Å². The van der Waals surface area contributed by atoms with Crippen LogP contribution < -0.4 is 38.2 Å². The summed E-state index contributed by atoms with van der Waals surface area (Å²) in [4.78, 5) is 0. The second-order valence-corrected chi connectivity index (χ2v) is 8.01. The van der Waals surface area contributed by atoms with Crippen LogP contribution in [0.25, 0.3) is 0 Å². The molecule has 0 N–H and O–H groups in total. The number of hydrogen-bond donors (Lipinski definition) is 0. The van der Waals surface area contributed by atoms with Gasteiger partial charge in [0.2, 0.25) is 7.28 Å². The van der Waals surface area contributed by atoms with Gasteiger partial charge in [0.25, 0.3) is 0 Å². The van der Waals surface area contributed by atoms with Crippen LogP contribution in [0.5, 0.6) is 0 Å². The zero-order chi connectivity index (χ0) is 24.1. The van der Waals surface area contributed by atoms with Crippen molar-refractivity contribution in [2.24, 2.45) is 0 Å². The van der Waals surface area contributed by atoms with Gasteiger partial charge in [-0.1, -0.05) is 160 Å². The Morgan fingerprint density at radius 3 is 1.94 bits per heavy atom. The quantitative estimate of drug-likeness (QED) is 0.195. The summed E-state index contributed by atoms with van der Waals surface area (Å²) in [5.74, 6) is 2.51. The summed E-state index contributed by atoms with van der Waals surface area (Å²) in [6, 6.07) is 37.6. The van der Waals surface area contributed by atoms with E-state index in [9.17, 15) is 0 Å². The zero-order valence-electron chi connectivity index (χ0n) is 19.6. The van der Waals surface area contributed by atoms with E-state index in [-0.39, 0.29) is 0 Å². The van der Waals surface area contributed by atoms with E-state index in [0.29, 0.717) is 0 Å². The van der Waals surface area contributed by atoms with Crippen molar-refractivity contribution in [1.29, 1.82) is 0 Å². The van der Waals surface area contributed by atoms with Crippen LogP contribution in [0.2, 0.25) is 6.32 Å². The van der Waals surface area contributed by atoms with Gasteiger partial charge in [-0.3, -0.25) is 0 Å². The molecule has 0 aromatic heterocycles. The summed E-state index contributed by atoms with van der Waals surface area (Å²) < 4.78 is 0. The average Bonchev–Trinajstić information content (AvgIpc) is 2.90. The van der Waals surface area contributed by atoms with Gasteiger partial charge in [0.1, 0.15) is 0 Å². The third kappa shape index (κ3) is 7.50. The Bertz CT molecular complexity index is 1300. The van der Waals surface area contributed by atoms with E-state index in [0.717, 1.165) is 22.7 Å².